The van der Waals surface area contributed by atoms with Crippen LogP contribution in [0.4, 0.5) is 17.1 Å². The van der Waals surface area contributed by atoms with Gasteiger partial charge >= 0.3 is 0 Å². The Bertz CT molecular complexity index is 1070. The molecule has 0 spiro atoms. The molecule has 3 N–H and O–H groups in total. The molecule has 0 heterocycles. The molecule has 0 amide bonds. The SMILES string of the molecule is Nc1ccc2cc(Nc3ccc4c(Br)cccc4c3)cc(Br)c2c1. The van der Waals surface area contributed by atoms with Gasteiger partial charge in [-0.1, -0.05) is 56.1 Å². The summed E-state index contributed by atoms with van der Waals surface area (Å²) < 4.78 is 2.14. The van der Waals surface area contributed by atoms with Crippen molar-refractivity contribution in [3.05, 3.63) is 75.7 Å². The molecule has 0 radical (unpaired) electrons. The lowest BCUT2D eigenvalue weighted by Gasteiger charge is -2.11. The zero-order chi connectivity index (χ0) is 16.7. The average Bonchev–Trinajstić information content (AvgIpc) is 2.56. The minimum Gasteiger partial charge on any atom is -0.399 e. The number of anilines is 3. The van der Waals surface area contributed by atoms with Gasteiger partial charge in [0.25, 0.3) is 0 Å². The van der Waals surface area contributed by atoms with Crippen molar-refractivity contribution in [1.82, 2.24) is 0 Å². The summed E-state index contributed by atoms with van der Waals surface area (Å²) in [6.07, 6.45) is 0. The number of halogens is 2. The van der Waals surface area contributed by atoms with Gasteiger partial charge in [0.05, 0.1) is 0 Å². The van der Waals surface area contributed by atoms with Crippen molar-refractivity contribution in [2.45, 2.75) is 0 Å². The second-order valence-corrected chi connectivity index (χ2v) is 7.45. The summed E-state index contributed by atoms with van der Waals surface area (Å²) in [6.45, 7) is 0. The molecule has 0 aliphatic rings. The molecular weight excluding hydrogens is 428 g/mol. The minimum absolute atomic E-state index is 0.768. The van der Waals surface area contributed by atoms with E-state index in [0.717, 1.165) is 36.8 Å². The first-order valence-electron chi connectivity index (χ1n) is 7.54. The van der Waals surface area contributed by atoms with Crippen molar-refractivity contribution in [2.24, 2.45) is 0 Å². The first-order valence-corrected chi connectivity index (χ1v) is 9.13. The van der Waals surface area contributed by atoms with E-state index in [1.54, 1.807) is 0 Å². The molecule has 0 fully saturated rings. The average molecular weight is 442 g/mol. The van der Waals surface area contributed by atoms with Gasteiger partial charge in [-0.3, -0.25) is 0 Å². The van der Waals surface area contributed by atoms with Crippen LogP contribution in [0.2, 0.25) is 0 Å². The van der Waals surface area contributed by atoms with E-state index in [0.29, 0.717) is 0 Å². The Morgan fingerprint density at radius 2 is 1.46 bits per heavy atom. The molecule has 4 rings (SSSR count). The standard InChI is InChI=1S/C20H14Br2N2/c21-19-3-1-2-12-8-15(6-7-17(12)19)24-16-9-13-4-5-14(23)10-18(13)20(22)11-16/h1-11,24H,23H2. The number of benzene rings is 4. The zero-order valence-electron chi connectivity index (χ0n) is 12.7. The van der Waals surface area contributed by atoms with E-state index in [2.05, 4.69) is 79.6 Å². The predicted molar refractivity (Wildman–Crippen MR) is 111 cm³/mol. The first kappa shape index (κ1) is 15.5. The predicted octanol–water partition coefficient (Wildman–Crippen LogP) is 6.84. The quantitative estimate of drug-likeness (QED) is 0.334. The molecule has 0 bridgehead atoms. The van der Waals surface area contributed by atoms with Crippen molar-refractivity contribution >= 4 is 70.5 Å². The Morgan fingerprint density at radius 3 is 2.33 bits per heavy atom. The Balaban J connectivity index is 1.75. The molecule has 4 aromatic carbocycles. The minimum atomic E-state index is 0.768. The highest BCUT2D eigenvalue weighted by Crippen LogP contribution is 2.32. The van der Waals surface area contributed by atoms with Crippen molar-refractivity contribution in [2.75, 3.05) is 11.1 Å². The van der Waals surface area contributed by atoms with Gasteiger partial charge in [0.2, 0.25) is 0 Å². The molecule has 0 aliphatic carbocycles. The van der Waals surface area contributed by atoms with Gasteiger partial charge in [-0.05, 0) is 64.0 Å². The molecule has 24 heavy (non-hydrogen) atoms. The van der Waals surface area contributed by atoms with Gasteiger partial charge < -0.3 is 11.1 Å². The molecule has 4 aromatic rings. The number of hydrogen-bond acceptors (Lipinski definition) is 2. The third-order valence-electron chi connectivity index (χ3n) is 4.04. The van der Waals surface area contributed by atoms with Crippen LogP contribution in [-0.4, -0.2) is 0 Å². The van der Waals surface area contributed by atoms with E-state index in [1.807, 2.05) is 24.3 Å². The van der Waals surface area contributed by atoms with Crippen LogP contribution in [-0.2, 0) is 0 Å². The fourth-order valence-corrected chi connectivity index (χ4v) is 3.99. The summed E-state index contributed by atoms with van der Waals surface area (Å²) in [4.78, 5) is 0. The maximum Gasteiger partial charge on any atom is 0.0401 e. The van der Waals surface area contributed by atoms with Crippen LogP contribution in [0.1, 0.15) is 0 Å². The van der Waals surface area contributed by atoms with E-state index in [1.165, 1.54) is 10.8 Å². The molecule has 0 atom stereocenters. The van der Waals surface area contributed by atoms with Crippen molar-refractivity contribution < 1.29 is 0 Å². The topological polar surface area (TPSA) is 38.0 Å². The van der Waals surface area contributed by atoms with E-state index >= 15 is 0 Å². The number of nitrogens with two attached hydrogens (primary N) is 1. The number of rotatable bonds is 2. The van der Waals surface area contributed by atoms with Gasteiger partial charge in [-0.25, -0.2) is 0 Å². The third kappa shape index (κ3) is 2.87. The Labute approximate surface area is 156 Å². The Kier molecular flexibility index (Phi) is 3.94. The van der Waals surface area contributed by atoms with Crippen LogP contribution in [0.25, 0.3) is 21.5 Å². The number of fused-ring (bicyclic) bond motifs is 2. The summed E-state index contributed by atoms with van der Waals surface area (Å²) in [5, 5.41) is 8.15. The molecule has 0 unspecified atom stereocenters. The summed E-state index contributed by atoms with van der Waals surface area (Å²) in [7, 11) is 0. The lowest BCUT2D eigenvalue weighted by Crippen LogP contribution is -1.92. The van der Waals surface area contributed by atoms with Crippen LogP contribution in [0.5, 0.6) is 0 Å². The van der Waals surface area contributed by atoms with E-state index in [9.17, 15) is 0 Å². The van der Waals surface area contributed by atoms with Crippen LogP contribution < -0.4 is 11.1 Å². The molecule has 4 heteroatoms. The number of hydrogen-bond donors (Lipinski definition) is 2. The molecular formula is C20H14Br2N2. The van der Waals surface area contributed by atoms with Crippen molar-refractivity contribution in [3.8, 4) is 0 Å². The lowest BCUT2D eigenvalue weighted by molar-refractivity contribution is 1.57. The van der Waals surface area contributed by atoms with Gasteiger partial charge in [-0.15, -0.1) is 0 Å². The highest BCUT2D eigenvalue weighted by molar-refractivity contribution is 9.11. The van der Waals surface area contributed by atoms with Crippen molar-refractivity contribution in [3.63, 3.8) is 0 Å². The maximum absolute atomic E-state index is 5.88. The van der Waals surface area contributed by atoms with Crippen molar-refractivity contribution in [1.29, 1.82) is 0 Å². The second kappa shape index (κ2) is 6.11. The van der Waals surface area contributed by atoms with Crippen LogP contribution >= 0.6 is 31.9 Å². The van der Waals surface area contributed by atoms with Crippen LogP contribution in [0, 0.1) is 0 Å². The van der Waals surface area contributed by atoms with Crippen LogP contribution in [0.15, 0.2) is 75.7 Å². The fraction of sp³-hybridized carbons (Fsp3) is 0. The smallest absolute Gasteiger partial charge is 0.0401 e. The highest BCUT2D eigenvalue weighted by Gasteiger charge is 2.05. The van der Waals surface area contributed by atoms with Crippen LogP contribution in [0.3, 0.4) is 0 Å². The summed E-state index contributed by atoms with van der Waals surface area (Å²) in [6, 6.07) is 22.7. The monoisotopic (exact) mass is 440 g/mol. The summed E-state index contributed by atoms with van der Waals surface area (Å²) in [5.41, 5.74) is 8.74. The lowest BCUT2D eigenvalue weighted by atomic mass is 10.1. The number of nitrogen functional groups attached to an aromatic ring is 1. The van der Waals surface area contributed by atoms with Gasteiger partial charge in [0.15, 0.2) is 0 Å². The summed E-state index contributed by atoms with van der Waals surface area (Å²) in [5.74, 6) is 0. The molecule has 0 saturated carbocycles. The zero-order valence-corrected chi connectivity index (χ0v) is 15.9. The molecule has 0 aliphatic heterocycles. The third-order valence-corrected chi connectivity index (χ3v) is 5.39. The normalized spacial score (nSPS) is 11.1. The van der Waals surface area contributed by atoms with E-state index < -0.39 is 0 Å². The second-order valence-electron chi connectivity index (χ2n) is 5.74. The highest BCUT2D eigenvalue weighted by atomic mass is 79.9. The molecule has 0 saturated heterocycles. The maximum atomic E-state index is 5.88. The first-order chi connectivity index (χ1) is 11.6. The summed E-state index contributed by atoms with van der Waals surface area (Å²) >= 11 is 7.24. The van der Waals surface area contributed by atoms with Gasteiger partial charge in [0.1, 0.15) is 0 Å². The van der Waals surface area contributed by atoms with E-state index in [-0.39, 0.29) is 0 Å². The number of nitrogens with one attached hydrogen (secondary N) is 1. The largest absolute Gasteiger partial charge is 0.399 e. The molecule has 2 nitrogen and oxygen atoms in total. The fourth-order valence-electron chi connectivity index (χ4n) is 2.89. The Morgan fingerprint density at radius 1 is 0.667 bits per heavy atom. The molecule has 0 aromatic heterocycles. The van der Waals surface area contributed by atoms with Gasteiger partial charge in [0, 0.05) is 26.0 Å². The Hall–Kier alpha value is -2.04. The van der Waals surface area contributed by atoms with Gasteiger partial charge in [-0.2, -0.15) is 0 Å². The van der Waals surface area contributed by atoms with E-state index in [4.69, 9.17) is 5.73 Å². The molecule has 118 valence electrons.